The molecule has 0 radical (unpaired) electrons. The molecule has 3 rings (SSSR count). The Labute approximate surface area is 109 Å². The smallest absolute Gasteiger partial charge is 0.161 e. The molecule has 2 aromatic heterocycles. The van der Waals surface area contributed by atoms with E-state index in [1.54, 1.807) is 23.9 Å². The number of hydrogen-bond acceptors (Lipinski definition) is 3. The van der Waals surface area contributed by atoms with Crippen LogP contribution in [0.1, 0.15) is 0 Å². The lowest BCUT2D eigenvalue weighted by molar-refractivity contribution is 0.415. The first kappa shape index (κ1) is 11.0. The number of fused-ring (bicyclic) bond motifs is 1. The first-order valence-corrected chi connectivity index (χ1v) is 5.80. The van der Waals surface area contributed by atoms with E-state index < -0.39 is 0 Å². The molecule has 2 heterocycles. The summed E-state index contributed by atoms with van der Waals surface area (Å²) in [5.74, 6) is 1.53. The van der Waals surface area contributed by atoms with Crippen LogP contribution in [0.15, 0.2) is 42.6 Å². The van der Waals surface area contributed by atoms with Gasteiger partial charge in [0, 0.05) is 5.56 Å². The molecule has 0 aliphatic heterocycles. The molecule has 0 spiro atoms. The highest BCUT2D eigenvalue weighted by atomic mass is 35.5. The second kappa shape index (κ2) is 4.31. The van der Waals surface area contributed by atoms with Crippen LogP contribution in [0.3, 0.4) is 0 Å². The number of halogens is 1. The van der Waals surface area contributed by atoms with Gasteiger partial charge >= 0.3 is 0 Å². The van der Waals surface area contributed by atoms with Gasteiger partial charge in [-0.05, 0) is 24.3 Å². The van der Waals surface area contributed by atoms with Crippen molar-refractivity contribution in [3.63, 3.8) is 0 Å². The molecule has 0 atom stereocenters. The zero-order chi connectivity index (χ0) is 12.5. The molecule has 0 aliphatic rings. The van der Waals surface area contributed by atoms with Crippen LogP contribution >= 0.6 is 11.6 Å². The minimum Gasteiger partial charge on any atom is -0.497 e. The van der Waals surface area contributed by atoms with Gasteiger partial charge in [-0.15, -0.1) is 0 Å². The zero-order valence-corrected chi connectivity index (χ0v) is 10.4. The van der Waals surface area contributed by atoms with Crippen LogP contribution in [-0.4, -0.2) is 21.7 Å². The Kier molecular flexibility index (Phi) is 2.64. The van der Waals surface area contributed by atoms with E-state index in [9.17, 15) is 0 Å². The normalized spacial score (nSPS) is 10.8. The third-order valence-corrected chi connectivity index (χ3v) is 2.88. The van der Waals surface area contributed by atoms with Crippen molar-refractivity contribution in [1.29, 1.82) is 0 Å². The minimum absolute atomic E-state index is 0.435. The molecule has 0 amide bonds. The van der Waals surface area contributed by atoms with E-state index in [1.165, 1.54) is 0 Å². The van der Waals surface area contributed by atoms with Crippen LogP contribution in [0.5, 0.6) is 5.75 Å². The molecule has 90 valence electrons. The second-order valence-corrected chi connectivity index (χ2v) is 4.19. The predicted molar refractivity (Wildman–Crippen MR) is 70.0 cm³/mol. The van der Waals surface area contributed by atoms with Gasteiger partial charge < -0.3 is 4.74 Å². The molecule has 4 nitrogen and oxygen atoms in total. The second-order valence-electron chi connectivity index (χ2n) is 3.81. The van der Waals surface area contributed by atoms with Gasteiger partial charge in [0.2, 0.25) is 0 Å². The van der Waals surface area contributed by atoms with Crippen molar-refractivity contribution in [2.45, 2.75) is 0 Å². The fraction of sp³-hybridized carbons (Fsp3) is 0.0769. The maximum absolute atomic E-state index is 5.91. The number of benzene rings is 1. The van der Waals surface area contributed by atoms with Crippen LogP contribution in [0, 0.1) is 0 Å². The van der Waals surface area contributed by atoms with Crippen LogP contribution in [-0.2, 0) is 0 Å². The Balaban J connectivity index is 2.21. The van der Waals surface area contributed by atoms with E-state index in [-0.39, 0.29) is 0 Å². The molecule has 0 saturated carbocycles. The quantitative estimate of drug-likeness (QED) is 0.710. The molecule has 0 bridgehead atoms. The maximum Gasteiger partial charge on any atom is 0.161 e. The summed E-state index contributed by atoms with van der Waals surface area (Å²) < 4.78 is 6.92. The largest absolute Gasteiger partial charge is 0.497 e. The van der Waals surface area contributed by atoms with Crippen molar-refractivity contribution >= 4 is 17.1 Å². The predicted octanol–water partition coefficient (Wildman–Crippen LogP) is 3.06. The monoisotopic (exact) mass is 259 g/mol. The van der Waals surface area contributed by atoms with E-state index in [4.69, 9.17) is 16.3 Å². The molecule has 1 aromatic carbocycles. The Morgan fingerprint density at radius 3 is 2.94 bits per heavy atom. The molecule has 0 fully saturated rings. The van der Waals surface area contributed by atoms with Gasteiger partial charge in [0.15, 0.2) is 5.82 Å². The minimum atomic E-state index is 0.435. The SMILES string of the molecule is COc1cccc(-c2ncc3ccc(Cl)nn23)c1. The molecule has 5 heteroatoms. The van der Waals surface area contributed by atoms with Gasteiger partial charge in [0.05, 0.1) is 18.8 Å². The van der Waals surface area contributed by atoms with Crippen molar-refractivity contribution in [3.8, 4) is 17.1 Å². The highest BCUT2D eigenvalue weighted by molar-refractivity contribution is 6.29. The van der Waals surface area contributed by atoms with E-state index in [2.05, 4.69) is 10.1 Å². The van der Waals surface area contributed by atoms with Gasteiger partial charge in [-0.3, -0.25) is 0 Å². The number of methoxy groups -OCH3 is 1. The Morgan fingerprint density at radius 2 is 2.11 bits per heavy atom. The Bertz CT molecular complexity index is 708. The standard InChI is InChI=1S/C13H10ClN3O/c1-18-11-4-2-3-9(7-11)13-15-8-10-5-6-12(14)16-17(10)13/h2-8H,1H3. The number of rotatable bonds is 2. The number of imidazole rings is 1. The summed E-state index contributed by atoms with van der Waals surface area (Å²) in [6.45, 7) is 0. The van der Waals surface area contributed by atoms with Gasteiger partial charge in [-0.25, -0.2) is 9.50 Å². The van der Waals surface area contributed by atoms with Crippen molar-refractivity contribution in [2.24, 2.45) is 0 Å². The first-order valence-electron chi connectivity index (χ1n) is 5.42. The number of aromatic nitrogens is 3. The fourth-order valence-electron chi connectivity index (χ4n) is 1.82. The van der Waals surface area contributed by atoms with Crippen molar-refractivity contribution in [2.75, 3.05) is 7.11 Å². The molecular weight excluding hydrogens is 250 g/mol. The number of hydrogen-bond donors (Lipinski definition) is 0. The lowest BCUT2D eigenvalue weighted by Gasteiger charge is -2.03. The molecule has 0 aliphatic carbocycles. The summed E-state index contributed by atoms with van der Waals surface area (Å²) >= 11 is 5.91. The van der Waals surface area contributed by atoms with E-state index in [0.717, 1.165) is 22.7 Å². The molecule has 0 unspecified atom stereocenters. The summed E-state index contributed by atoms with van der Waals surface area (Å²) in [6, 6.07) is 11.3. The Morgan fingerprint density at radius 1 is 1.22 bits per heavy atom. The summed E-state index contributed by atoms with van der Waals surface area (Å²) in [5, 5.41) is 4.68. The average molecular weight is 260 g/mol. The molecule has 3 aromatic rings. The molecular formula is C13H10ClN3O. The maximum atomic E-state index is 5.91. The van der Waals surface area contributed by atoms with Crippen LogP contribution in [0.4, 0.5) is 0 Å². The summed E-state index contributed by atoms with van der Waals surface area (Å²) in [4.78, 5) is 4.37. The van der Waals surface area contributed by atoms with Crippen molar-refractivity contribution in [3.05, 3.63) is 47.7 Å². The van der Waals surface area contributed by atoms with E-state index in [1.807, 2.05) is 30.3 Å². The lowest BCUT2D eigenvalue weighted by Crippen LogP contribution is -1.95. The topological polar surface area (TPSA) is 39.4 Å². The van der Waals surface area contributed by atoms with Gasteiger partial charge in [-0.2, -0.15) is 5.10 Å². The summed E-state index contributed by atoms with van der Waals surface area (Å²) in [6.07, 6.45) is 1.76. The summed E-state index contributed by atoms with van der Waals surface area (Å²) in [7, 11) is 1.64. The lowest BCUT2D eigenvalue weighted by atomic mass is 10.2. The summed E-state index contributed by atoms with van der Waals surface area (Å²) in [5.41, 5.74) is 1.83. The zero-order valence-electron chi connectivity index (χ0n) is 9.67. The van der Waals surface area contributed by atoms with Gasteiger partial charge in [-0.1, -0.05) is 23.7 Å². The third-order valence-electron chi connectivity index (χ3n) is 2.68. The fourth-order valence-corrected chi connectivity index (χ4v) is 1.96. The highest BCUT2D eigenvalue weighted by Gasteiger charge is 2.08. The number of nitrogens with zero attached hydrogens (tertiary/aromatic N) is 3. The average Bonchev–Trinajstić information content (AvgIpc) is 2.81. The van der Waals surface area contributed by atoms with Crippen LogP contribution < -0.4 is 4.74 Å². The first-order chi connectivity index (χ1) is 8.78. The van der Waals surface area contributed by atoms with E-state index >= 15 is 0 Å². The van der Waals surface area contributed by atoms with E-state index in [0.29, 0.717) is 5.15 Å². The van der Waals surface area contributed by atoms with Gasteiger partial charge in [0.25, 0.3) is 0 Å². The van der Waals surface area contributed by atoms with Crippen LogP contribution in [0.2, 0.25) is 5.15 Å². The van der Waals surface area contributed by atoms with Crippen molar-refractivity contribution in [1.82, 2.24) is 14.6 Å². The number of ether oxygens (including phenoxy) is 1. The van der Waals surface area contributed by atoms with Crippen LogP contribution in [0.25, 0.3) is 16.9 Å². The Hall–Kier alpha value is -2.07. The van der Waals surface area contributed by atoms with Crippen molar-refractivity contribution < 1.29 is 4.74 Å². The third kappa shape index (κ3) is 1.80. The van der Waals surface area contributed by atoms with Gasteiger partial charge in [0.1, 0.15) is 10.9 Å². The molecule has 18 heavy (non-hydrogen) atoms. The highest BCUT2D eigenvalue weighted by Crippen LogP contribution is 2.23. The molecule has 0 N–H and O–H groups in total. The molecule has 0 saturated heterocycles.